The van der Waals surface area contributed by atoms with Crippen LogP contribution in [0.25, 0.3) is 11.2 Å². The van der Waals surface area contributed by atoms with Gasteiger partial charge in [-0.15, -0.1) is 0 Å². The average Bonchev–Trinajstić information content (AvgIpc) is 3.04. The van der Waals surface area contributed by atoms with Gasteiger partial charge in [-0.3, -0.25) is 0 Å². The molecule has 0 spiro atoms. The Morgan fingerprint density at radius 2 is 2.47 bits per heavy atom. The van der Waals surface area contributed by atoms with Gasteiger partial charge < -0.3 is 14.0 Å². The smallest absolute Gasteiger partial charge is 0.160 e. The van der Waals surface area contributed by atoms with E-state index >= 15 is 0 Å². The van der Waals surface area contributed by atoms with Gasteiger partial charge in [0.1, 0.15) is 11.3 Å². The Hall–Kier alpha value is -1.46. The molecule has 1 aliphatic rings. The predicted molar refractivity (Wildman–Crippen MR) is 72.0 cm³/mol. The van der Waals surface area contributed by atoms with Crippen molar-refractivity contribution < 1.29 is 9.47 Å². The van der Waals surface area contributed by atoms with Crippen molar-refractivity contribution >= 4 is 11.2 Å². The lowest BCUT2D eigenvalue weighted by Gasteiger charge is -2.10. The molecule has 1 atom stereocenters. The highest BCUT2D eigenvalue weighted by atomic mass is 16.5. The molecule has 3 heterocycles. The fraction of sp³-hybridized carbons (Fsp3) is 0.571. The number of hydrogen-bond donors (Lipinski definition) is 0. The van der Waals surface area contributed by atoms with Crippen molar-refractivity contribution in [2.24, 2.45) is 5.92 Å². The normalized spacial score (nSPS) is 19.3. The summed E-state index contributed by atoms with van der Waals surface area (Å²) in [6, 6.07) is 3.94. The van der Waals surface area contributed by atoms with E-state index in [-0.39, 0.29) is 0 Å². The molecule has 1 saturated heterocycles. The Balaban J connectivity index is 1.91. The quantitative estimate of drug-likeness (QED) is 0.821. The first-order chi connectivity index (χ1) is 9.38. The average molecular weight is 261 g/mol. The first-order valence-electron chi connectivity index (χ1n) is 6.75. The zero-order valence-electron chi connectivity index (χ0n) is 11.2. The number of pyridine rings is 1. The van der Waals surface area contributed by atoms with Crippen LogP contribution < -0.4 is 0 Å². The lowest BCUT2D eigenvalue weighted by molar-refractivity contribution is 0.182. The molecule has 2 aromatic rings. The zero-order valence-corrected chi connectivity index (χ0v) is 11.2. The van der Waals surface area contributed by atoms with Gasteiger partial charge in [-0.05, 0) is 24.5 Å². The highest BCUT2D eigenvalue weighted by Gasteiger charge is 2.20. The van der Waals surface area contributed by atoms with E-state index in [1.165, 1.54) is 0 Å². The topological polar surface area (TPSA) is 49.2 Å². The molecule has 19 heavy (non-hydrogen) atoms. The highest BCUT2D eigenvalue weighted by Crippen LogP contribution is 2.21. The van der Waals surface area contributed by atoms with E-state index in [4.69, 9.17) is 14.5 Å². The van der Waals surface area contributed by atoms with Crippen LogP contribution in [0.15, 0.2) is 18.3 Å². The molecule has 1 unspecified atom stereocenters. The molecule has 0 aromatic carbocycles. The minimum atomic E-state index is 0.582. The molecule has 1 fully saturated rings. The van der Waals surface area contributed by atoms with Crippen LogP contribution in [0, 0.1) is 5.92 Å². The second kappa shape index (κ2) is 5.67. The fourth-order valence-corrected chi connectivity index (χ4v) is 2.58. The minimum Gasteiger partial charge on any atom is -0.383 e. The SMILES string of the molecule is COCCn1c(CC2CCOC2)nc2cccnc21. The number of methoxy groups -OCH3 is 1. The van der Waals surface area contributed by atoms with Crippen LogP contribution in [0.5, 0.6) is 0 Å². The molecule has 3 rings (SSSR count). The zero-order chi connectivity index (χ0) is 13.1. The maximum Gasteiger partial charge on any atom is 0.160 e. The molecular weight excluding hydrogens is 242 g/mol. The summed E-state index contributed by atoms with van der Waals surface area (Å²) in [7, 11) is 1.72. The number of fused-ring (bicyclic) bond motifs is 1. The largest absolute Gasteiger partial charge is 0.383 e. The van der Waals surface area contributed by atoms with Crippen molar-refractivity contribution in [3.8, 4) is 0 Å². The number of nitrogens with zero attached hydrogens (tertiary/aromatic N) is 3. The molecule has 0 radical (unpaired) electrons. The summed E-state index contributed by atoms with van der Waals surface area (Å²) < 4.78 is 12.8. The van der Waals surface area contributed by atoms with Gasteiger partial charge in [0.15, 0.2) is 5.65 Å². The van der Waals surface area contributed by atoms with Gasteiger partial charge in [0.05, 0.1) is 6.61 Å². The Kier molecular flexibility index (Phi) is 3.75. The third kappa shape index (κ3) is 2.62. The van der Waals surface area contributed by atoms with E-state index in [1.807, 2.05) is 18.3 Å². The number of ether oxygens (including phenoxy) is 2. The summed E-state index contributed by atoms with van der Waals surface area (Å²) in [5.41, 5.74) is 1.92. The standard InChI is InChI=1S/C14H19N3O2/c1-18-8-6-17-13(9-11-4-7-19-10-11)16-12-3-2-5-15-14(12)17/h2-3,5,11H,4,6-10H2,1H3. The molecule has 102 valence electrons. The third-order valence-corrected chi connectivity index (χ3v) is 3.60. The van der Waals surface area contributed by atoms with Crippen LogP contribution in [0.2, 0.25) is 0 Å². The summed E-state index contributed by atoms with van der Waals surface area (Å²) in [4.78, 5) is 9.16. The third-order valence-electron chi connectivity index (χ3n) is 3.60. The van der Waals surface area contributed by atoms with Gasteiger partial charge in [-0.2, -0.15) is 0 Å². The lowest BCUT2D eigenvalue weighted by Crippen LogP contribution is -2.13. The van der Waals surface area contributed by atoms with Gasteiger partial charge in [0, 0.05) is 39.5 Å². The summed E-state index contributed by atoms with van der Waals surface area (Å²) >= 11 is 0. The van der Waals surface area contributed by atoms with Crippen molar-refractivity contribution in [3.63, 3.8) is 0 Å². The van der Waals surface area contributed by atoms with Gasteiger partial charge in [0.2, 0.25) is 0 Å². The molecule has 5 nitrogen and oxygen atoms in total. The van der Waals surface area contributed by atoms with E-state index in [0.717, 1.165) is 49.6 Å². The molecule has 0 amide bonds. The van der Waals surface area contributed by atoms with Crippen LogP contribution in [0.4, 0.5) is 0 Å². The molecule has 0 aliphatic carbocycles. The molecule has 0 N–H and O–H groups in total. The van der Waals surface area contributed by atoms with Gasteiger partial charge in [0.25, 0.3) is 0 Å². The van der Waals surface area contributed by atoms with Gasteiger partial charge in [-0.25, -0.2) is 9.97 Å². The fourth-order valence-electron chi connectivity index (χ4n) is 2.58. The monoisotopic (exact) mass is 261 g/mol. The maximum absolute atomic E-state index is 5.45. The number of rotatable bonds is 5. The number of hydrogen-bond acceptors (Lipinski definition) is 4. The maximum atomic E-state index is 5.45. The van der Waals surface area contributed by atoms with E-state index in [1.54, 1.807) is 7.11 Å². The van der Waals surface area contributed by atoms with E-state index in [9.17, 15) is 0 Å². The summed E-state index contributed by atoms with van der Waals surface area (Å²) in [6.07, 6.45) is 3.90. The first kappa shape index (κ1) is 12.6. The molecule has 5 heteroatoms. The number of imidazole rings is 1. The van der Waals surface area contributed by atoms with E-state index in [0.29, 0.717) is 12.5 Å². The van der Waals surface area contributed by atoms with Crippen molar-refractivity contribution in [2.45, 2.75) is 19.4 Å². The van der Waals surface area contributed by atoms with Crippen molar-refractivity contribution in [2.75, 3.05) is 26.9 Å². The Labute approximate surface area is 112 Å². The van der Waals surface area contributed by atoms with Gasteiger partial charge >= 0.3 is 0 Å². The Morgan fingerprint density at radius 1 is 1.53 bits per heavy atom. The lowest BCUT2D eigenvalue weighted by atomic mass is 10.1. The van der Waals surface area contributed by atoms with Crippen LogP contribution in [-0.4, -0.2) is 41.5 Å². The molecule has 0 saturated carbocycles. The Bertz CT molecular complexity index is 547. The summed E-state index contributed by atoms with van der Waals surface area (Å²) in [5, 5.41) is 0. The second-order valence-corrected chi connectivity index (χ2v) is 4.95. The second-order valence-electron chi connectivity index (χ2n) is 4.95. The van der Waals surface area contributed by atoms with Crippen molar-refractivity contribution in [3.05, 3.63) is 24.2 Å². The predicted octanol–water partition coefficient (Wildman–Crippen LogP) is 1.66. The molecule has 2 aromatic heterocycles. The van der Waals surface area contributed by atoms with Gasteiger partial charge in [-0.1, -0.05) is 0 Å². The highest BCUT2D eigenvalue weighted by molar-refractivity contribution is 5.71. The van der Waals surface area contributed by atoms with E-state index < -0.39 is 0 Å². The van der Waals surface area contributed by atoms with Crippen LogP contribution in [0.3, 0.4) is 0 Å². The van der Waals surface area contributed by atoms with Crippen LogP contribution in [0.1, 0.15) is 12.2 Å². The minimum absolute atomic E-state index is 0.582. The summed E-state index contributed by atoms with van der Waals surface area (Å²) in [6.45, 7) is 3.20. The molecular formula is C14H19N3O2. The van der Waals surface area contributed by atoms with Crippen LogP contribution in [-0.2, 0) is 22.4 Å². The first-order valence-corrected chi connectivity index (χ1v) is 6.75. The van der Waals surface area contributed by atoms with E-state index in [2.05, 4.69) is 9.55 Å². The molecule has 0 bridgehead atoms. The van der Waals surface area contributed by atoms with Crippen molar-refractivity contribution in [1.82, 2.24) is 14.5 Å². The van der Waals surface area contributed by atoms with Crippen molar-refractivity contribution in [1.29, 1.82) is 0 Å². The van der Waals surface area contributed by atoms with Crippen LogP contribution >= 0.6 is 0 Å². The number of aromatic nitrogens is 3. The Morgan fingerprint density at radius 3 is 3.26 bits per heavy atom. The molecule has 1 aliphatic heterocycles. The summed E-state index contributed by atoms with van der Waals surface area (Å²) in [5.74, 6) is 1.68.